The number of benzene rings is 2. The van der Waals surface area contributed by atoms with Gasteiger partial charge in [-0.2, -0.15) is 10.2 Å². The molecule has 0 saturated carbocycles. The van der Waals surface area contributed by atoms with Crippen LogP contribution in [-0.2, 0) is 0 Å². The van der Waals surface area contributed by atoms with Crippen molar-refractivity contribution in [1.29, 1.82) is 0 Å². The van der Waals surface area contributed by atoms with Gasteiger partial charge in [0.25, 0.3) is 0 Å². The van der Waals surface area contributed by atoms with E-state index in [1.54, 1.807) is 12.3 Å². The zero-order valence-corrected chi connectivity index (χ0v) is 10.9. The molecule has 0 aliphatic carbocycles. The third-order valence-electron chi connectivity index (χ3n) is 2.96. The molecule has 6 nitrogen and oxygen atoms in total. The Labute approximate surface area is 120 Å². The Morgan fingerprint density at radius 2 is 1.95 bits per heavy atom. The summed E-state index contributed by atoms with van der Waals surface area (Å²) in [7, 11) is 0. The van der Waals surface area contributed by atoms with Crippen LogP contribution < -0.4 is 5.43 Å². The van der Waals surface area contributed by atoms with Gasteiger partial charge in [0.2, 0.25) is 0 Å². The Bertz CT molecular complexity index is 812. The first-order valence-electron chi connectivity index (χ1n) is 6.25. The number of aromatic hydroxyl groups is 2. The quantitative estimate of drug-likeness (QED) is 0.506. The molecule has 3 aromatic rings. The molecule has 3 rings (SSSR count). The minimum atomic E-state index is -0.0513. The highest BCUT2D eigenvalue weighted by Gasteiger charge is 2.02. The van der Waals surface area contributed by atoms with E-state index in [1.165, 1.54) is 18.3 Å². The van der Waals surface area contributed by atoms with Crippen LogP contribution in [0.3, 0.4) is 0 Å². The lowest BCUT2D eigenvalue weighted by molar-refractivity contribution is 0.450. The zero-order valence-electron chi connectivity index (χ0n) is 10.9. The van der Waals surface area contributed by atoms with Crippen molar-refractivity contribution < 1.29 is 10.2 Å². The average molecular weight is 280 g/mol. The number of phenolic OH excluding ortho intramolecular Hbond substituents is 2. The molecule has 104 valence electrons. The number of hydrogen-bond donors (Lipinski definition) is 3. The number of fused-ring (bicyclic) bond motifs is 1. The van der Waals surface area contributed by atoms with E-state index in [-0.39, 0.29) is 11.5 Å². The highest BCUT2D eigenvalue weighted by atomic mass is 16.3. The minimum Gasteiger partial charge on any atom is -0.508 e. The highest BCUT2D eigenvalue weighted by Crippen LogP contribution is 2.21. The van der Waals surface area contributed by atoms with Gasteiger partial charge in [0.1, 0.15) is 11.5 Å². The summed E-state index contributed by atoms with van der Waals surface area (Å²) >= 11 is 0. The van der Waals surface area contributed by atoms with Gasteiger partial charge in [0, 0.05) is 22.4 Å². The lowest BCUT2D eigenvalue weighted by atomic mass is 10.2. The first kappa shape index (κ1) is 12.9. The Kier molecular flexibility index (Phi) is 3.34. The summed E-state index contributed by atoms with van der Waals surface area (Å²) in [6, 6.07) is 12.0. The predicted octanol–water partition coefficient (Wildman–Crippen LogP) is 2.49. The van der Waals surface area contributed by atoms with Gasteiger partial charge in [-0.1, -0.05) is 24.3 Å². The van der Waals surface area contributed by atoms with Crippen molar-refractivity contribution in [1.82, 2.24) is 10.2 Å². The maximum Gasteiger partial charge on any atom is 0.176 e. The van der Waals surface area contributed by atoms with Crippen LogP contribution in [0.4, 0.5) is 5.82 Å². The second-order valence-electron chi connectivity index (χ2n) is 4.39. The van der Waals surface area contributed by atoms with E-state index < -0.39 is 0 Å². The van der Waals surface area contributed by atoms with Crippen molar-refractivity contribution >= 4 is 22.8 Å². The van der Waals surface area contributed by atoms with Crippen LogP contribution >= 0.6 is 0 Å². The number of nitrogens with one attached hydrogen (secondary N) is 1. The fourth-order valence-corrected chi connectivity index (χ4v) is 1.91. The summed E-state index contributed by atoms with van der Waals surface area (Å²) in [5, 5.41) is 32.7. The van der Waals surface area contributed by atoms with Crippen LogP contribution in [0.25, 0.3) is 10.8 Å². The SMILES string of the molecule is Oc1ccc(/C=N/Nc2nncc3ccccc23)c(O)c1. The van der Waals surface area contributed by atoms with Crippen molar-refractivity contribution in [2.45, 2.75) is 0 Å². The average Bonchev–Trinajstić information content (AvgIpc) is 2.50. The summed E-state index contributed by atoms with van der Waals surface area (Å²) in [6.45, 7) is 0. The van der Waals surface area contributed by atoms with E-state index in [1.807, 2.05) is 24.3 Å². The van der Waals surface area contributed by atoms with E-state index in [4.69, 9.17) is 0 Å². The Balaban J connectivity index is 1.84. The van der Waals surface area contributed by atoms with Crippen molar-refractivity contribution in [3.63, 3.8) is 0 Å². The number of aromatic nitrogens is 2. The third kappa shape index (κ3) is 2.74. The zero-order chi connectivity index (χ0) is 14.7. The maximum atomic E-state index is 9.65. The van der Waals surface area contributed by atoms with Crippen molar-refractivity contribution in [3.05, 3.63) is 54.2 Å². The molecule has 0 bridgehead atoms. The summed E-state index contributed by atoms with van der Waals surface area (Å²) in [5.41, 5.74) is 3.28. The molecule has 0 fully saturated rings. The first-order valence-corrected chi connectivity index (χ1v) is 6.25. The standard InChI is InChI=1S/C15H12N4O2/c20-12-6-5-11(14(21)7-12)9-17-19-15-13-4-2-1-3-10(13)8-16-18-15/h1-9,20-21H,(H,18,19)/b17-9+. The molecule has 6 heteroatoms. The molecule has 0 radical (unpaired) electrons. The van der Waals surface area contributed by atoms with Crippen LogP contribution in [0.1, 0.15) is 5.56 Å². The largest absolute Gasteiger partial charge is 0.508 e. The first-order chi connectivity index (χ1) is 10.2. The monoisotopic (exact) mass is 280 g/mol. The molecule has 0 aliphatic heterocycles. The molecule has 0 spiro atoms. The van der Waals surface area contributed by atoms with Crippen LogP contribution in [0.2, 0.25) is 0 Å². The summed E-state index contributed by atoms with van der Waals surface area (Å²) in [5.74, 6) is 0.477. The molecule has 0 atom stereocenters. The molecule has 1 heterocycles. The normalized spacial score (nSPS) is 11.0. The molecular formula is C15H12N4O2. The topological polar surface area (TPSA) is 90.6 Å². The molecule has 1 aromatic heterocycles. The second-order valence-corrected chi connectivity index (χ2v) is 4.39. The Morgan fingerprint density at radius 1 is 1.10 bits per heavy atom. The fourth-order valence-electron chi connectivity index (χ4n) is 1.91. The lowest BCUT2D eigenvalue weighted by Gasteiger charge is -2.03. The van der Waals surface area contributed by atoms with E-state index in [0.29, 0.717) is 11.4 Å². The van der Waals surface area contributed by atoms with E-state index in [9.17, 15) is 10.2 Å². The van der Waals surface area contributed by atoms with E-state index in [2.05, 4.69) is 20.7 Å². The van der Waals surface area contributed by atoms with Gasteiger partial charge in [-0.3, -0.25) is 5.43 Å². The summed E-state index contributed by atoms with van der Waals surface area (Å²) < 4.78 is 0. The van der Waals surface area contributed by atoms with Gasteiger partial charge in [-0.15, -0.1) is 5.10 Å². The molecule has 0 saturated heterocycles. The van der Waals surface area contributed by atoms with Crippen molar-refractivity contribution in [3.8, 4) is 11.5 Å². The number of rotatable bonds is 3. The lowest BCUT2D eigenvalue weighted by Crippen LogP contribution is -1.96. The van der Waals surface area contributed by atoms with Gasteiger partial charge >= 0.3 is 0 Å². The molecule has 3 N–H and O–H groups in total. The van der Waals surface area contributed by atoms with Gasteiger partial charge in [-0.05, 0) is 12.1 Å². The van der Waals surface area contributed by atoms with Crippen molar-refractivity contribution in [2.24, 2.45) is 5.10 Å². The van der Waals surface area contributed by atoms with Crippen LogP contribution in [-0.4, -0.2) is 26.6 Å². The number of hydrazone groups is 1. The number of anilines is 1. The summed E-state index contributed by atoms with van der Waals surface area (Å²) in [4.78, 5) is 0. The Hall–Kier alpha value is -3.15. The molecule has 0 unspecified atom stereocenters. The van der Waals surface area contributed by atoms with E-state index >= 15 is 0 Å². The minimum absolute atomic E-state index is 0.00229. The Morgan fingerprint density at radius 3 is 2.81 bits per heavy atom. The van der Waals surface area contributed by atoms with E-state index in [0.717, 1.165) is 10.8 Å². The maximum absolute atomic E-state index is 9.65. The van der Waals surface area contributed by atoms with Crippen molar-refractivity contribution in [2.75, 3.05) is 5.43 Å². The molecule has 0 amide bonds. The van der Waals surface area contributed by atoms with Crippen LogP contribution in [0.5, 0.6) is 11.5 Å². The summed E-state index contributed by atoms with van der Waals surface area (Å²) in [6.07, 6.45) is 3.12. The highest BCUT2D eigenvalue weighted by molar-refractivity contribution is 5.91. The third-order valence-corrected chi connectivity index (χ3v) is 2.96. The smallest absolute Gasteiger partial charge is 0.176 e. The number of nitrogens with zero attached hydrogens (tertiary/aromatic N) is 3. The molecule has 21 heavy (non-hydrogen) atoms. The molecule has 2 aromatic carbocycles. The molecular weight excluding hydrogens is 268 g/mol. The fraction of sp³-hybridized carbons (Fsp3) is 0. The van der Waals surface area contributed by atoms with Gasteiger partial charge in [0.15, 0.2) is 5.82 Å². The predicted molar refractivity (Wildman–Crippen MR) is 80.5 cm³/mol. The van der Waals surface area contributed by atoms with Crippen LogP contribution in [0.15, 0.2) is 53.8 Å². The van der Waals surface area contributed by atoms with Gasteiger partial charge in [0.05, 0.1) is 12.4 Å². The van der Waals surface area contributed by atoms with Gasteiger partial charge < -0.3 is 10.2 Å². The molecule has 0 aliphatic rings. The number of hydrogen-bond acceptors (Lipinski definition) is 6. The second kappa shape index (κ2) is 5.46. The van der Waals surface area contributed by atoms with Crippen LogP contribution in [0, 0.1) is 0 Å². The van der Waals surface area contributed by atoms with Gasteiger partial charge in [-0.25, -0.2) is 0 Å². The number of phenols is 2.